The highest BCUT2D eigenvalue weighted by Gasteiger charge is 2.30. The van der Waals surface area contributed by atoms with Crippen LogP contribution in [0.25, 0.3) is 16.9 Å². The number of amides is 1. The maximum absolute atomic E-state index is 13.1. The number of piperazine rings is 1. The van der Waals surface area contributed by atoms with Crippen molar-refractivity contribution >= 4 is 11.6 Å². The number of imidazole rings is 1. The summed E-state index contributed by atoms with van der Waals surface area (Å²) in [7, 11) is 0. The Hall–Kier alpha value is -2.66. The maximum atomic E-state index is 13.1. The summed E-state index contributed by atoms with van der Waals surface area (Å²) < 4.78 is 1.96. The van der Waals surface area contributed by atoms with Crippen LogP contribution in [-0.4, -0.2) is 56.8 Å². The van der Waals surface area contributed by atoms with Crippen molar-refractivity contribution in [2.24, 2.45) is 0 Å². The highest BCUT2D eigenvalue weighted by atomic mass is 16.2. The molecule has 2 aromatic heterocycles. The molecule has 0 N–H and O–H groups in total. The van der Waals surface area contributed by atoms with Crippen molar-refractivity contribution in [3.8, 4) is 11.3 Å². The fourth-order valence-corrected chi connectivity index (χ4v) is 4.15. The Morgan fingerprint density at radius 3 is 2.61 bits per heavy atom. The van der Waals surface area contributed by atoms with Gasteiger partial charge in [-0.3, -0.25) is 9.69 Å². The third-order valence-electron chi connectivity index (χ3n) is 5.72. The van der Waals surface area contributed by atoms with Crippen molar-refractivity contribution in [1.29, 1.82) is 0 Å². The standard InChI is InChI=1S/C23H28N4O/c1-4-20-15-25(12-13-27(20)17(2)3)23(28)19-10-11-22-24-21(16-26(22)14-19)18-8-6-5-7-9-18/h5-11,14,16-17,20H,4,12-13,15H2,1-3H3/t20-/m1/s1. The molecule has 5 heteroatoms. The van der Waals surface area contributed by atoms with Gasteiger partial charge in [0.2, 0.25) is 0 Å². The Labute approximate surface area is 166 Å². The Morgan fingerprint density at radius 1 is 1.11 bits per heavy atom. The van der Waals surface area contributed by atoms with Crippen LogP contribution in [0.4, 0.5) is 0 Å². The van der Waals surface area contributed by atoms with Crippen LogP contribution in [-0.2, 0) is 0 Å². The van der Waals surface area contributed by atoms with E-state index in [0.29, 0.717) is 12.1 Å². The molecule has 0 bridgehead atoms. The average molecular weight is 377 g/mol. The van der Waals surface area contributed by atoms with Crippen molar-refractivity contribution in [3.05, 3.63) is 60.4 Å². The number of hydrogen-bond donors (Lipinski definition) is 0. The van der Waals surface area contributed by atoms with Crippen molar-refractivity contribution < 1.29 is 4.79 Å². The lowest BCUT2D eigenvalue weighted by Crippen LogP contribution is -2.56. The number of aromatic nitrogens is 2. The largest absolute Gasteiger partial charge is 0.336 e. The monoisotopic (exact) mass is 376 g/mol. The van der Waals surface area contributed by atoms with E-state index in [1.54, 1.807) is 0 Å². The quantitative estimate of drug-likeness (QED) is 0.692. The predicted molar refractivity (Wildman–Crippen MR) is 112 cm³/mol. The minimum absolute atomic E-state index is 0.110. The Bertz CT molecular complexity index is 963. The van der Waals surface area contributed by atoms with Crippen LogP contribution in [0.2, 0.25) is 0 Å². The zero-order valence-corrected chi connectivity index (χ0v) is 16.9. The molecule has 0 unspecified atom stereocenters. The average Bonchev–Trinajstić information content (AvgIpc) is 3.16. The molecule has 5 nitrogen and oxygen atoms in total. The van der Waals surface area contributed by atoms with Gasteiger partial charge in [-0.1, -0.05) is 37.3 Å². The highest BCUT2D eigenvalue weighted by molar-refractivity contribution is 5.94. The number of benzene rings is 1. The SMILES string of the molecule is CC[C@@H]1CN(C(=O)c2ccc3nc(-c4ccccc4)cn3c2)CCN1C(C)C. The fraction of sp³-hybridized carbons (Fsp3) is 0.391. The van der Waals surface area contributed by atoms with E-state index in [1.807, 2.05) is 64.2 Å². The molecule has 1 amide bonds. The number of carbonyl (C=O) groups is 1. The molecule has 1 fully saturated rings. The van der Waals surface area contributed by atoms with Crippen molar-refractivity contribution in [2.75, 3.05) is 19.6 Å². The van der Waals surface area contributed by atoms with Crippen molar-refractivity contribution in [2.45, 2.75) is 39.3 Å². The number of fused-ring (bicyclic) bond motifs is 1. The number of pyridine rings is 1. The van der Waals surface area contributed by atoms with Crippen LogP contribution < -0.4 is 0 Å². The van der Waals surface area contributed by atoms with E-state index < -0.39 is 0 Å². The van der Waals surface area contributed by atoms with Gasteiger partial charge in [-0.05, 0) is 32.4 Å². The number of hydrogen-bond acceptors (Lipinski definition) is 3. The van der Waals surface area contributed by atoms with Gasteiger partial charge < -0.3 is 9.30 Å². The Morgan fingerprint density at radius 2 is 1.89 bits per heavy atom. The molecule has 3 aromatic rings. The lowest BCUT2D eigenvalue weighted by atomic mass is 10.1. The molecule has 0 aliphatic carbocycles. The molecule has 0 radical (unpaired) electrons. The third kappa shape index (κ3) is 3.54. The molecular formula is C23H28N4O. The van der Waals surface area contributed by atoms with Crippen molar-refractivity contribution in [3.63, 3.8) is 0 Å². The zero-order valence-electron chi connectivity index (χ0n) is 16.9. The minimum atomic E-state index is 0.110. The smallest absolute Gasteiger partial charge is 0.255 e. The van der Waals surface area contributed by atoms with Gasteiger partial charge >= 0.3 is 0 Å². The third-order valence-corrected chi connectivity index (χ3v) is 5.72. The molecule has 1 aliphatic rings. The first-order valence-corrected chi connectivity index (χ1v) is 10.2. The summed E-state index contributed by atoms with van der Waals surface area (Å²) in [5, 5.41) is 0. The molecule has 0 spiro atoms. The van der Waals surface area contributed by atoms with Gasteiger partial charge in [0.1, 0.15) is 5.65 Å². The van der Waals surface area contributed by atoms with Gasteiger partial charge in [0, 0.05) is 49.7 Å². The first kappa shape index (κ1) is 18.7. The first-order valence-electron chi connectivity index (χ1n) is 10.2. The second kappa shape index (κ2) is 7.76. The van der Waals surface area contributed by atoms with E-state index in [9.17, 15) is 4.79 Å². The van der Waals surface area contributed by atoms with E-state index in [0.717, 1.165) is 48.5 Å². The molecule has 1 atom stereocenters. The summed E-state index contributed by atoms with van der Waals surface area (Å²) in [5.74, 6) is 0.110. The maximum Gasteiger partial charge on any atom is 0.255 e. The van der Waals surface area contributed by atoms with E-state index in [-0.39, 0.29) is 5.91 Å². The summed E-state index contributed by atoms with van der Waals surface area (Å²) in [6.45, 7) is 9.19. The highest BCUT2D eigenvalue weighted by Crippen LogP contribution is 2.21. The summed E-state index contributed by atoms with van der Waals surface area (Å²) >= 11 is 0. The molecule has 1 saturated heterocycles. The van der Waals surface area contributed by atoms with E-state index in [4.69, 9.17) is 0 Å². The van der Waals surface area contributed by atoms with Crippen LogP contribution in [0.1, 0.15) is 37.6 Å². The molecule has 28 heavy (non-hydrogen) atoms. The number of nitrogens with zero attached hydrogens (tertiary/aromatic N) is 4. The van der Waals surface area contributed by atoms with Crippen LogP contribution in [0.15, 0.2) is 54.9 Å². The second-order valence-corrected chi connectivity index (χ2v) is 7.82. The number of carbonyl (C=O) groups excluding carboxylic acids is 1. The van der Waals surface area contributed by atoms with Crippen LogP contribution in [0, 0.1) is 0 Å². The second-order valence-electron chi connectivity index (χ2n) is 7.82. The van der Waals surface area contributed by atoms with E-state index >= 15 is 0 Å². The Kier molecular flexibility index (Phi) is 5.18. The molecule has 1 aromatic carbocycles. The first-order chi connectivity index (χ1) is 13.6. The van der Waals surface area contributed by atoms with E-state index in [1.165, 1.54) is 0 Å². The lowest BCUT2D eigenvalue weighted by molar-refractivity contribution is 0.0371. The van der Waals surface area contributed by atoms with Crippen molar-refractivity contribution in [1.82, 2.24) is 19.2 Å². The molecule has 4 rings (SSSR count). The summed E-state index contributed by atoms with van der Waals surface area (Å²) in [6.07, 6.45) is 4.96. The molecular weight excluding hydrogens is 348 g/mol. The minimum Gasteiger partial charge on any atom is -0.336 e. The molecule has 1 aliphatic heterocycles. The van der Waals surface area contributed by atoms with Gasteiger partial charge in [0.05, 0.1) is 11.3 Å². The molecule has 146 valence electrons. The molecule has 3 heterocycles. The topological polar surface area (TPSA) is 40.9 Å². The van der Waals surface area contributed by atoms with Gasteiger partial charge in [0.25, 0.3) is 5.91 Å². The predicted octanol–water partition coefficient (Wildman–Crippen LogP) is 3.95. The fourth-order valence-electron chi connectivity index (χ4n) is 4.15. The van der Waals surface area contributed by atoms with Gasteiger partial charge in [-0.25, -0.2) is 4.98 Å². The van der Waals surface area contributed by atoms with Crippen LogP contribution >= 0.6 is 0 Å². The zero-order chi connectivity index (χ0) is 19.7. The summed E-state index contributed by atoms with van der Waals surface area (Å²) in [5.41, 5.74) is 3.57. The van der Waals surface area contributed by atoms with Crippen LogP contribution in [0.5, 0.6) is 0 Å². The lowest BCUT2D eigenvalue weighted by Gasteiger charge is -2.43. The van der Waals surface area contributed by atoms with Gasteiger partial charge in [-0.2, -0.15) is 0 Å². The normalized spacial score (nSPS) is 18.1. The van der Waals surface area contributed by atoms with Gasteiger partial charge in [-0.15, -0.1) is 0 Å². The van der Waals surface area contributed by atoms with Crippen LogP contribution in [0.3, 0.4) is 0 Å². The molecule has 0 saturated carbocycles. The summed E-state index contributed by atoms with van der Waals surface area (Å²) in [6, 6.07) is 14.9. The number of rotatable bonds is 4. The van der Waals surface area contributed by atoms with Gasteiger partial charge in [0.15, 0.2) is 0 Å². The van der Waals surface area contributed by atoms with E-state index in [2.05, 4.69) is 30.7 Å². The Balaban J connectivity index is 1.56. The summed E-state index contributed by atoms with van der Waals surface area (Å²) in [4.78, 5) is 22.3.